The summed E-state index contributed by atoms with van der Waals surface area (Å²) in [6.07, 6.45) is 6.54. The van der Waals surface area contributed by atoms with Crippen molar-refractivity contribution in [3.63, 3.8) is 0 Å². The lowest BCUT2D eigenvalue weighted by Gasteiger charge is -2.21. The van der Waals surface area contributed by atoms with Gasteiger partial charge < -0.3 is 0 Å². The molecule has 0 amide bonds. The number of aldehydes is 1. The van der Waals surface area contributed by atoms with E-state index >= 15 is 0 Å². The number of nitrogens with one attached hydrogen (secondary N) is 1. The lowest BCUT2D eigenvalue weighted by molar-refractivity contribution is -0.364. The minimum atomic E-state index is 0.759. The minimum absolute atomic E-state index is 0.759. The lowest BCUT2D eigenvalue weighted by atomic mass is 10.1. The van der Waals surface area contributed by atoms with Crippen LogP contribution in [0.15, 0.2) is 18.3 Å². The summed E-state index contributed by atoms with van der Waals surface area (Å²) in [5.41, 5.74) is 0.759. The van der Waals surface area contributed by atoms with Crippen LogP contribution >= 0.6 is 0 Å². The molecule has 3 heteroatoms. The Morgan fingerprint density at radius 3 is 2.79 bits per heavy atom. The van der Waals surface area contributed by atoms with Crippen LogP contribution in [0, 0.1) is 0 Å². The average Bonchev–Trinajstić information content (AvgIpc) is 2.30. The minimum Gasteiger partial charge on any atom is -0.298 e. The average molecular weight is 191 g/mol. The van der Waals surface area contributed by atoms with E-state index in [0.29, 0.717) is 0 Å². The molecule has 74 valence electrons. The first-order chi connectivity index (χ1) is 6.92. The molecule has 0 saturated carbocycles. The number of nitrogens with zero attached hydrogens (tertiary/aromatic N) is 1. The summed E-state index contributed by atoms with van der Waals surface area (Å²) in [5.74, 6) is 0.974. The Bertz CT molecular complexity index is 319. The molecule has 0 aromatic carbocycles. The van der Waals surface area contributed by atoms with Crippen molar-refractivity contribution in [3.05, 3.63) is 23.9 Å². The first-order valence-electron chi connectivity index (χ1n) is 5.12. The van der Waals surface area contributed by atoms with Crippen LogP contribution in [0.5, 0.6) is 0 Å². The van der Waals surface area contributed by atoms with Gasteiger partial charge in [-0.3, -0.25) is 9.69 Å². The highest BCUT2D eigenvalue weighted by molar-refractivity contribution is 5.81. The molecule has 2 rings (SSSR count). The van der Waals surface area contributed by atoms with Crippen molar-refractivity contribution in [1.82, 2.24) is 0 Å². The van der Waals surface area contributed by atoms with Crippen molar-refractivity contribution in [2.75, 3.05) is 18.0 Å². The molecule has 1 aliphatic heterocycles. The van der Waals surface area contributed by atoms with Crippen molar-refractivity contribution in [2.24, 2.45) is 0 Å². The first-order valence-corrected chi connectivity index (χ1v) is 5.12. The van der Waals surface area contributed by atoms with Gasteiger partial charge in [0.1, 0.15) is 5.56 Å². The van der Waals surface area contributed by atoms with Crippen LogP contribution in [0.3, 0.4) is 0 Å². The molecule has 2 heterocycles. The van der Waals surface area contributed by atoms with E-state index in [0.717, 1.165) is 30.8 Å². The summed E-state index contributed by atoms with van der Waals surface area (Å²) in [5, 5.41) is 0. The van der Waals surface area contributed by atoms with E-state index in [4.69, 9.17) is 0 Å². The number of rotatable bonds is 2. The second kappa shape index (κ2) is 4.22. The van der Waals surface area contributed by atoms with Gasteiger partial charge in [0.2, 0.25) is 0 Å². The van der Waals surface area contributed by atoms with Crippen LogP contribution in [-0.4, -0.2) is 19.4 Å². The lowest BCUT2D eigenvalue weighted by Crippen LogP contribution is -2.34. The van der Waals surface area contributed by atoms with Crippen LogP contribution in [0.2, 0.25) is 0 Å². The molecule has 1 aromatic heterocycles. The van der Waals surface area contributed by atoms with E-state index in [9.17, 15) is 4.79 Å². The van der Waals surface area contributed by atoms with Gasteiger partial charge in [-0.25, -0.2) is 4.98 Å². The molecule has 0 atom stereocenters. The molecule has 0 bridgehead atoms. The van der Waals surface area contributed by atoms with Gasteiger partial charge in [0, 0.05) is 0 Å². The maximum atomic E-state index is 10.8. The number of aromatic nitrogens is 1. The summed E-state index contributed by atoms with van der Waals surface area (Å²) < 4.78 is 0. The molecule has 1 N–H and O–H groups in total. The van der Waals surface area contributed by atoms with Gasteiger partial charge in [-0.15, -0.1) is 0 Å². The normalized spacial score (nSPS) is 16.7. The fourth-order valence-corrected chi connectivity index (χ4v) is 1.93. The summed E-state index contributed by atoms with van der Waals surface area (Å²) in [6.45, 7) is 2.11. The number of hydrogen-bond donors (Lipinski definition) is 0. The third-order valence-electron chi connectivity index (χ3n) is 2.66. The Morgan fingerprint density at radius 2 is 2.07 bits per heavy atom. The molecule has 0 spiro atoms. The molecule has 1 fully saturated rings. The van der Waals surface area contributed by atoms with E-state index in [1.807, 2.05) is 18.3 Å². The molecule has 1 aliphatic rings. The zero-order valence-corrected chi connectivity index (χ0v) is 8.20. The monoisotopic (exact) mass is 191 g/mol. The standard InChI is InChI=1S/C11H14N2O/c14-9-10-5-4-6-12-11(10)13-7-2-1-3-8-13/h4-6,9H,1-3,7-8H2/p+1. The van der Waals surface area contributed by atoms with Crippen molar-refractivity contribution >= 4 is 12.1 Å². The van der Waals surface area contributed by atoms with Gasteiger partial charge in [0.25, 0.3) is 5.82 Å². The molecule has 14 heavy (non-hydrogen) atoms. The number of pyridine rings is 1. The number of aromatic amines is 1. The molecule has 0 aliphatic carbocycles. The molecule has 1 aromatic rings. The van der Waals surface area contributed by atoms with Gasteiger partial charge >= 0.3 is 0 Å². The van der Waals surface area contributed by atoms with E-state index in [1.165, 1.54) is 19.3 Å². The number of piperidine rings is 1. The summed E-state index contributed by atoms with van der Waals surface area (Å²) in [4.78, 5) is 16.2. The van der Waals surface area contributed by atoms with Gasteiger partial charge in [-0.1, -0.05) is 0 Å². The number of carbonyl (C=O) groups is 1. The highest BCUT2D eigenvalue weighted by Gasteiger charge is 2.21. The Hall–Kier alpha value is -1.38. The van der Waals surface area contributed by atoms with Gasteiger partial charge in [0.15, 0.2) is 6.29 Å². The number of carbonyl (C=O) groups excluding carboxylic acids is 1. The van der Waals surface area contributed by atoms with E-state index < -0.39 is 0 Å². The van der Waals surface area contributed by atoms with Gasteiger partial charge in [-0.05, 0) is 31.4 Å². The van der Waals surface area contributed by atoms with E-state index in [2.05, 4.69) is 9.88 Å². The Morgan fingerprint density at radius 1 is 1.29 bits per heavy atom. The fraction of sp³-hybridized carbons (Fsp3) is 0.455. The second-order valence-electron chi connectivity index (χ2n) is 3.64. The topological polar surface area (TPSA) is 34.5 Å². The van der Waals surface area contributed by atoms with E-state index in [-0.39, 0.29) is 0 Å². The summed E-state index contributed by atoms with van der Waals surface area (Å²) in [6, 6.07) is 3.71. The number of hydrogen-bond acceptors (Lipinski definition) is 2. The third-order valence-corrected chi connectivity index (χ3v) is 2.66. The zero-order valence-electron chi connectivity index (χ0n) is 8.20. The van der Waals surface area contributed by atoms with Crippen molar-refractivity contribution < 1.29 is 9.78 Å². The van der Waals surface area contributed by atoms with Crippen LogP contribution in [0.25, 0.3) is 0 Å². The van der Waals surface area contributed by atoms with Crippen LogP contribution in [0.4, 0.5) is 5.82 Å². The zero-order chi connectivity index (χ0) is 9.80. The highest BCUT2D eigenvalue weighted by atomic mass is 16.1. The maximum absolute atomic E-state index is 10.8. The SMILES string of the molecule is O=Cc1ccc[nH+]c1N1CCCCC1. The molecular weight excluding hydrogens is 176 g/mol. The van der Waals surface area contributed by atoms with Gasteiger partial charge in [0.05, 0.1) is 19.3 Å². The van der Waals surface area contributed by atoms with Gasteiger partial charge in [-0.2, -0.15) is 0 Å². The fourth-order valence-electron chi connectivity index (χ4n) is 1.93. The second-order valence-corrected chi connectivity index (χ2v) is 3.64. The summed E-state index contributed by atoms with van der Waals surface area (Å²) >= 11 is 0. The number of anilines is 1. The Kier molecular flexibility index (Phi) is 2.77. The predicted molar refractivity (Wildman–Crippen MR) is 54.4 cm³/mol. The van der Waals surface area contributed by atoms with E-state index in [1.54, 1.807) is 0 Å². The quantitative estimate of drug-likeness (QED) is 0.660. The largest absolute Gasteiger partial charge is 0.298 e. The smallest absolute Gasteiger partial charge is 0.285 e. The Labute approximate surface area is 83.8 Å². The molecule has 3 nitrogen and oxygen atoms in total. The highest BCUT2D eigenvalue weighted by Crippen LogP contribution is 2.17. The first kappa shape index (κ1) is 9.19. The Balaban J connectivity index is 2.24. The van der Waals surface area contributed by atoms with Crippen molar-refractivity contribution in [2.45, 2.75) is 19.3 Å². The van der Waals surface area contributed by atoms with Crippen LogP contribution in [0.1, 0.15) is 29.6 Å². The molecule has 1 saturated heterocycles. The molecular formula is C11H15N2O+. The summed E-state index contributed by atoms with van der Waals surface area (Å²) in [7, 11) is 0. The third kappa shape index (κ3) is 1.76. The molecule has 0 radical (unpaired) electrons. The molecule has 0 unspecified atom stereocenters. The maximum Gasteiger partial charge on any atom is 0.285 e. The number of H-pyrrole nitrogens is 1. The van der Waals surface area contributed by atoms with Crippen molar-refractivity contribution in [1.29, 1.82) is 0 Å². The predicted octanol–water partition coefficient (Wildman–Crippen LogP) is 1.30. The van der Waals surface area contributed by atoms with Crippen LogP contribution in [-0.2, 0) is 0 Å². The van der Waals surface area contributed by atoms with Crippen molar-refractivity contribution in [3.8, 4) is 0 Å². The van der Waals surface area contributed by atoms with Crippen LogP contribution < -0.4 is 9.88 Å².